The fourth-order valence-corrected chi connectivity index (χ4v) is 7.69. The van der Waals surface area contributed by atoms with Crippen LogP contribution in [-0.4, -0.2) is 93.2 Å². The van der Waals surface area contributed by atoms with Gasteiger partial charge < -0.3 is 19.3 Å². The number of carbonyl (C=O) groups is 1. The standard InChI is InChI=1S/C25H38ClN3O5S/c1-33-18-22-6-5-7-23(29(22)35(31,32)24-10-8-20(26)9-11-24)19-34-25(30)28-16-12-21(13-17-28)27-14-3-2-4-15-27/h8-11,21-23H,2-7,12-19H2,1H3/t22-,23+/m0/s1. The third-order valence-corrected chi connectivity index (χ3v) is 9.84. The maximum Gasteiger partial charge on any atom is 0.409 e. The van der Waals surface area contributed by atoms with E-state index in [0.29, 0.717) is 43.6 Å². The molecule has 10 heteroatoms. The molecule has 0 saturated carbocycles. The largest absolute Gasteiger partial charge is 0.448 e. The number of sulfonamides is 1. The Kier molecular flexibility index (Phi) is 9.32. The lowest BCUT2D eigenvalue weighted by Crippen LogP contribution is -2.54. The topological polar surface area (TPSA) is 79.4 Å². The summed E-state index contributed by atoms with van der Waals surface area (Å²) >= 11 is 5.97. The van der Waals surface area contributed by atoms with Gasteiger partial charge in [-0.15, -0.1) is 0 Å². The Labute approximate surface area is 214 Å². The first-order chi connectivity index (χ1) is 16.9. The number of rotatable bonds is 7. The summed E-state index contributed by atoms with van der Waals surface area (Å²) in [6.45, 7) is 4.03. The minimum absolute atomic E-state index is 0.0396. The van der Waals surface area contributed by atoms with Crippen LogP contribution in [0, 0.1) is 0 Å². The number of likely N-dealkylation sites (tertiary alicyclic amines) is 2. The van der Waals surface area contributed by atoms with Gasteiger partial charge in [-0.1, -0.05) is 24.4 Å². The second kappa shape index (κ2) is 12.2. The number of hydrogen-bond donors (Lipinski definition) is 0. The zero-order valence-corrected chi connectivity index (χ0v) is 22.2. The molecule has 196 valence electrons. The molecule has 0 unspecified atom stereocenters. The summed E-state index contributed by atoms with van der Waals surface area (Å²) in [6, 6.07) is 6.00. The van der Waals surface area contributed by atoms with Crippen LogP contribution in [0.2, 0.25) is 5.02 Å². The summed E-state index contributed by atoms with van der Waals surface area (Å²) < 4.78 is 39.8. The lowest BCUT2D eigenvalue weighted by Gasteiger charge is -2.41. The van der Waals surface area contributed by atoms with Crippen molar-refractivity contribution in [2.45, 2.75) is 74.4 Å². The first-order valence-corrected chi connectivity index (χ1v) is 14.7. The maximum absolute atomic E-state index is 13.6. The molecule has 4 rings (SSSR count). The Bertz CT molecular complexity index is 929. The molecule has 0 aliphatic carbocycles. The van der Waals surface area contributed by atoms with E-state index in [-0.39, 0.29) is 23.6 Å². The molecule has 0 spiro atoms. The first-order valence-electron chi connectivity index (χ1n) is 12.8. The van der Waals surface area contributed by atoms with Crippen LogP contribution in [-0.2, 0) is 19.5 Å². The van der Waals surface area contributed by atoms with Gasteiger partial charge in [0.05, 0.1) is 17.5 Å². The Morgan fingerprint density at radius 2 is 1.54 bits per heavy atom. The van der Waals surface area contributed by atoms with E-state index in [1.165, 1.54) is 35.7 Å². The first kappa shape index (κ1) is 26.7. The highest BCUT2D eigenvalue weighted by atomic mass is 35.5. The van der Waals surface area contributed by atoms with Crippen LogP contribution in [0.15, 0.2) is 29.2 Å². The second-order valence-corrected chi connectivity index (χ2v) is 12.2. The number of piperidine rings is 3. The molecule has 0 aromatic heterocycles. The quantitative estimate of drug-likeness (QED) is 0.533. The summed E-state index contributed by atoms with van der Waals surface area (Å²) in [5, 5.41) is 0.477. The molecule has 1 aromatic rings. The number of halogens is 1. The van der Waals surface area contributed by atoms with Crippen LogP contribution in [0.5, 0.6) is 0 Å². The highest BCUT2D eigenvalue weighted by Gasteiger charge is 2.41. The summed E-state index contributed by atoms with van der Waals surface area (Å²) in [4.78, 5) is 17.4. The van der Waals surface area contributed by atoms with Gasteiger partial charge in [0.15, 0.2) is 0 Å². The number of methoxy groups -OCH3 is 1. The summed E-state index contributed by atoms with van der Waals surface area (Å²) in [5.41, 5.74) is 0. The lowest BCUT2D eigenvalue weighted by atomic mass is 9.99. The van der Waals surface area contributed by atoms with Crippen molar-refractivity contribution in [1.29, 1.82) is 0 Å². The van der Waals surface area contributed by atoms with Crippen LogP contribution in [0.1, 0.15) is 51.4 Å². The molecule has 3 saturated heterocycles. The van der Waals surface area contributed by atoms with Crippen molar-refractivity contribution >= 4 is 27.7 Å². The van der Waals surface area contributed by atoms with Crippen LogP contribution in [0.4, 0.5) is 4.79 Å². The van der Waals surface area contributed by atoms with Crippen molar-refractivity contribution < 1.29 is 22.7 Å². The molecule has 0 bridgehead atoms. The van der Waals surface area contributed by atoms with Gasteiger partial charge in [-0.3, -0.25) is 0 Å². The molecule has 3 fully saturated rings. The maximum atomic E-state index is 13.6. The average Bonchev–Trinajstić information content (AvgIpc) is 2.88. The van der Waals surface area contributed by atoms with Crippen LogP contribution < -0.4 is 0 Å². The molecule has 35 heavy (non-hydrogen) atoms. The second-order valence-electron chi connectivity index (χ2n) is 9.87. The van der Waals surface area contributed by atoms with E-state index in [4.69, 9.17) is 21.1 Å². The smallest absolute Gasteiger partial charge is 0.409 e. The van der Waals surface area contributed by atoms with Crippen molar-refractivity contribution in [3.8, 4) is 0 Å². The molecular formula is C25H38ClN3O5S. The van der Waals surface area contributed by atoms with Crippen molar-refractivity contribution in [3.05, 3.63) is 29.3 Å². The summed E-state index contributed by atoms with van der Waals surface area (Å²) in [7, 11) is -2.23. The van der Waals surface area contributed by atoms with Gasteiger partial charge in [-0.25, -0.2) is 13.2 Å². The Morgan fingerprint density at radius 1 is 0.914 bits per heavy atom. The van der Waals surface area contributed by atoms with Gasteiger partial charge >= 0.3 is 6.09 Å². The third-order valence-electron chi connectivity index (χ3n) is 7.57. The molecule has 3 aliphatic rings. The Hall–Kier alpha value is -1.39. The minimum atomic E-state index is -3.81. The van der Waals surface area contributed by atoms with Crippen LogP contribution in [0.3, 0.4) is 0 Å². The van der Waals surface area contributed by atoms with Crippen LogP contribution in [0.25, 0.3) is 0 Å². The van der Waals surface area contributed by atoms with Crippen molar-refractivity contribution in [1.82, 2.24) is 14.1 Å². The zero-order valence-electron chi connectivity index (χ0n) is 20.6. The Morgan fingerprint density at radius 3 is 2.17 bits per heavy atom. The van der Waals surface area contributed by atoms with E-state index in [1.807, 2.05) is 0 Å². The monoisotopic (exact) mass is 527 g/mol. The number of nitrogens with zero attached hydrogens (tertiary/aromatic N) is 3. The molecule has 1 amide bonds. The van der Waals surface area contributed by atoms with Crippen molar-refractivity contribution in [2.75, 3.05) is 46.5 Å². The predicted molar refractivity (Wildman–Crippen MR) is 135 cm³/mol. The van der Waals surface area contributed by atoms with E-state index in [9.17, 15) is 13.2 Å². The molecule has 3 aliphatic heterocycles. The van der Waals surface area contributed by atoms with E-state index < -0.39 is 16.1 Å². The van der Waals surface area contributed by atoms with Crippen molar-refractivity contribution in [3.63, 3.8) is 0 Å². The highest BCUT2D eigenvalue weighted by molar-refractivity contribution is 7.89. The SMILES string of the molecule is COC[C@@H]1CCC[C@H](COC(=O)N2CCC(N3CCCCC3)CC2)N1S(=O)(=O)c1ccc(Cl)cc1. The van der Waals surface area contributed by atoms with E-state index in [2.05, 4.69) is 4.90 Å². The van der Waals surface area contributed by atoms with Gasteiger partial charge in [0.1, 0.15) is 6.61 Å². The number of carbonyl (C=O) groups excluding carboxylic acids is 1. The summed E-state index contributed by atoms with van der Waals surface area (Å²) in [5.74, 6) is 0. The lowest BCUT2D eigenvalue weighted by molar-refractivity contribution is 0.0325. The predicted octanol–water partition coefficient (Wildman–Crippen LogP) is 3.99. The zero-order chi connectivity index (χ0) is 24.8. The van der Waals surface area contributed by atoms with Gasteiger partial charge in [0.2, 0.25) is 10.0 Å². The van der Waals surface area contributed by atoms with Crippen molar-refractivity contribution in [2.24, 2.45) is 0 Å². The van der Waals surface area contributed by atoms with E-state index in [1.54, 1.807) is 24.1 Å². The van der Waals surface area contributed by atoms with Gasteiger partial charge in [-0.2, -0.15) is 4.31 Å². The molecule has 0 N–H and O–H groups in total. The van der Waals surface area contributed by atoms with Gasteiger partial charge in [-0.05, 0) is 75.9 Å². The fourth-order valence-electron chi connectivity index (χ4n) is 5.72. The number of hydrogen-bond acceptors (Lipinski definition) is 6. The summed E-state index contributed by atoms with van der Waals surface area (Å²) in [6.07, 6.45) is 7.62. The van der Waals surface area contributed by atoms with Gasteiger partial charge in [0.25, 0.3) is 0 Å². The van der Waals surface area contributed by atoms with Crippen LogP contribution >= 0.6 is 11.6 Å². The van der Waals surface area contributed by atoms with E-state index in [0.717, 1.165) is 32.4 Å². The minimum Gasteiger partial charge on any atom is -0.448 e. The molecule has 0 radical (unpaired) electrons. The molecule has 3 heterocycles. The average molecular weight is 528 g/mol. The molecule has 1 aromatic carbocycles. The molecular weight excluding hydrogens is 490 g/mol. The fraction of sp³-hybridized carbons (Fsp3) is 0.720. The third kappa shape index (κ3) is 6.49. The number of amides is 1. The highest BCUT2D eigenvalue weighted by Crippen LogP contribution is 2.31. The van der Waals surface area contributed by atoms with Gasteiger partial charge in [0, 0.05) is 37.3 Å². The molecule has 8 nitrogen and oxygen atoms in total. The number of ether oxygens (including phenoxy) is 2. The molecule has 2 atom stereocenters. The number of benzene rings is 1. The normalized spacial score (nSPS) is 25.5. The Balaban J connectivity index is 1.38. The van der Waals surface area contributed by atoms with E-state index >= 15 is 0 Å².